The number of aliphatic hydroxyl groups is 1. The molecule has 3 rings (SSSR count). The van der Waals surface area contributed by atoms with Crippen LogP contribution in [0.3, 0.4) is 0 Å². The molecule has 0 fully saturated rings. The molecule has 0 bridgehead atoms. The van der Waals surface area contributed by atoms with Gasteiger partial charge < -0.3 is 10.0 Å². The molecule has 0 radical (unpaired) electrons. The number of hydrogen-bond donors (Lipinski definition) is 1. The van der Waals surface area contributed by atoms with Gasteiger partial charge in [-0.15, -0.1) is 0 Å². The number of nitro benzene ring substituents is 1. The van der Waals surface area contributed by atoms with Crippen molar-refractivity contribution < 1.29 is 10.0 Å². The van der Waals surface area contributed by atoms with Crippen LogP contribution in [0.5, 0.6) is 0 Å². The molecule has 2 aromatic carbocycles. The molecule has 188 valence electrons. The van der Waals surface area contributed by atoms with Gasteiger partial charge in [0.2, 0.25) is 0 Å². The van der Waals surface area contributed by atoms with Gasteiger partial charge in [-0.3, -0.25) is 10.1 Å². The van der Waals surface area contributed by atoms with Crippen molar-refractivity contribution in [2.75, 3.05) is 19.6 Å². The third-order valence-electron chi connectivity index (χ3n) is 6.56. The normalized spacial score (nSPS) is 12.3. The summed E-state index contributed by atoms with van der Waals surface area (Å²) < 4.78 is 0. The average Bonchev–Trinajstić information content (AvgIpc) is 2.88. The first-order chi connectivity index (χ1) is 17.0. The summed E-state index contributed by atoms with van der Waals surface area (Å²) >= 11 is 0. The molecule has 6 heteroatoms. The molecule has 1 unspecified atom stereocenters. The molecule has 0 aliphatic heterocycles. The maximum Gasteiger partial charge on any atom is 0.295 e. The first-order valence-electron chi connectivity index (χ1n) is 13.1. The van der Waals surface area contributed by atoms with E-state index in [1.54, 1.807) is 6.07 Å². The largest absolute Gasteiger partial charge is 0.387 e. The third-order valence-corrected chi connectivity index (χ3v) is 6.56. The summed E-state index contributed by atoms with van der Waals surface area (Å²) in [5.74, 6) is 0. The number of fused-ring (bicyclic) bond motifs is 1. The molecule has 0 aliphatic carbocycles. The Morgan fingerprint density at radius 1 is 0.914 bits per heavy atom. The number of non-ortho nitro benzene ring substituents is 1. The fourth-order valence-electron chi connectivity index (χ4n) is 4.60. The van der Waals surface area contributed by atoms with E-state index < -0.39 is 11.0 Å². The summed E-state index contributed by atoms with van der Waals surface area (Å²) in [7, 11) is 0. The highest BCUT2D eigenvalue weighted by molar-refractivity contribution is 5.92. The monoisotopic (exact) mass is 477 g/mol. The molecule has 1 heterocycles. The lowest BCUT2D eigenvalue weighted by Crippen LogP contribution is -2.31. The van der Waals surface area contributed by atoms with Gasteiger partial charge in [0.15, 0.2) is 0 Å². The van der Waals surface area contributed by atoms with Crippen LogP contribution in [0.4, 0.5) is 5.69 Å². The van der Waals surface area contributed by atoms with Crippen LogP contribution < -0.4 is 0 Å². The van der Waals surface area contributed by atoms with E-state index in [2.05, 4.69) is 23.7 Å². The zero-order valence-corrected chi connectivity index (χ0v) is 21.2. The molecule has 3 aromatic rings. The third kappa shape index (κ3) is 7.58. The Bertz CT molecular complexity index is 1060. The number of para-hydroxylation sites is 1. The van der Waals surface area contributed by atoms with Crippen molar-refractivity contribution in [2.45, 2.75) is 71.3 Å². The molecular weight excluding hydrogens is 438 g/mol. The van der Waals surface area contributed by atoms with Crippen LogP contribution in [-0.2, 0) is 0 Å². The Morgan fingerprint density at radius 3 is 2.17 bits per heavy atom. The molecule has 0 amide bonds. The number of unbranched alkanes of at least 4 members (excludes halogenated alkanes) is 6. The molecule has 1 aromatic heterocycles. The predicted octanol–water partition coefficient (Wildman–Crippen LogP) is 7.31. The Morgan fingerprint density at radius 2 is 1.57 bits per heavy atom. The lowest BCUT2D eigenvalue weighted by atomic mass is 9.99. The van der Waals surface area contributed by atoms with Crippen molar-refractivity contribution in [1.29, 1.82) is 0 Å². The smallest absolute Gasteiger partial charge is 0.295 e. The van der Waals surface area contributed by atoms with E-state index in [-0.39, 0.29) is 5.69 Å². The lowest BCUT2D eigenvalue weighted by Gasteiger charge is -2.26. The van der Waals surface area contributed by atoms with Gasteiger partial charge in [-0.25, -0.2) is 4.98 Å². The standard InChI is InChI=1S/C29H39N3O3/c1-3-5-7-12-19-31(20-13-8-6-4-2)22-28(33)25-21-26(23-15-10-9-11-16-23)30-29-24(25)17-14-18-27(29)32(34)35/h9-11,14-18,21,28,33H,3-8,12-13,19-20,22H2,1-2H3. The fourth-order valence-corrected chi connectivity index (χ4v) is 4.60. The van der Waals surface area contributed by atoms with E-state index in [1.807, 2.05) is 42.5 Å². The van der Waals surface area contributed by atoms with E-state index in [9.17, 15) is 15.2 Å². The molecule has 35 heavy (non-hydrogen) atoms. The topological polar surface area (TPSA) is 79.5 Å². The van der Waals surface area contributed by atoms with Crippen molar-refractivity contribution in [2.24, 2.45) is 0 Å². The second-order valence-corrected chi connectivity index (χ2v) is 9.33. The van der Waals surface area contributed by atoms with Crippen molar-refractivity contribution in [3.63, 3.8) is 0 Å². The van der Waals surface area contributed by atoms with Gasteiger partial charge in [0.25, 0.3) is 5.69 Å². The maximum atomic E-state index is 11.8. The zero-order valence-electron chi connectivity index (χ0n) is 21.2. The Hall–Kier alpha value is -2.83. The van der Waals surface area contributed by atoms with E-state index in [0.717, 1.165) is 31.5 Å². The predicted molar refractivity (Wildman–Crippen MR) is 144 cm³/mol. The van der Waals surface area contributed by atoms with Crippen LogP contribution in [0.25, 0.3) is 22.2 Å². The highest BCUT2D eigenvalue weighted by Crippen LogP contribution is 2.33. The van der Waals surface area contributed by atoms with Crippen LogP contribution >= 0.6 is 0 Å². The summed E-state index contributed by atoms with van der Waals surface area (Å²) in [6.07, 6.45) is 8.71. The minimum atomic E-state index is -0.762. The Kier molecular flexibility index (Phi) is 10.6. The fraction of sp³-hybridized carbons (Fsp3) is 0.483. The number of nitrogens with zero attached hydrogens (tertiary/aromatic N) is 3. The summed E-state index contributed by atoms with van der Waals surface area (Å²) in [4.78, 5) is 18.4. The molecule has 0 saturated heterocycles. The van der Waals surface area contributed by atoms with Gasteiger partial charge in [-0.2, -0.15) is 0 Å². The molecule has 1 atom stereocenters. The second kappa shape index (κ2) is 13.9. The van der Waals surface area contributed by atoms with Gasteiger partial charge in [-0.05, 0) is 37.6 Å². The maximum absolute atomic E-state index is 11.8. The number of benzene rings is 2. The number of aliphatic hydroxyl groups excluding tert-OH is 1. The van der Waals surface area contributed by atoms with Crippen molar-refractivity contribution in [3.8, 4) is 11.3 Å². The molecule has 0 saturated carbocycles. The van der Waals surface area contributed by atoms with Crippen molar-refractivity contribution in [1.82, 2.24) is 9.88 Å². The van der Waals surface area contributed by atoms with Gasteiger partial charge in [0.1, 0.15) is 5.52 Å². The average molecular weight is 478 g/mol. The number of aromatic nitrogens is 1. The number of pyridine rings is 1. The SMILES string of the molecule is CCCCCCN(CCCCCC)CC(O)c1cc(-c2ccccc2)nc2c([N+](=O)[O-])cccc12. The van der Waals surface area contributed by atoms with Crippen LogP contribution in [0.1, 0.15) is 76.9 Å². The van der Waals surface area contributed by atoms with Gasteiger partial charge in [-0.1, -0.05) is 94.8 Å². The number of hydrogen-bond acceptors (Lipinski definition) is 5. The summed E-state index contributed by atoms with van der Waals surface area (Å²) in [5, 5.41) is 23.9. The van der Waals surface area contributed by atoms with Gasteiger partial charge >= 0.3 is 0 Å². The molecule has 0 aliphatic rings. The van der Waals surface area contributed by atoms with Crippen molar-refractivity contribution in [3.05, 3.63) is 70.3 Å². The van der Waals surface area contributed by atoms with Crippen LogP contribution in [0.2, 0.25) is 0 Å². The summed E-state index contributed by atoms with van der Waals surface area (Å²) in [6.45, 7) is 6.85. The van der Waals surface area contributed by atoms with Gasteiger partial charge in [0.05, 0.1) is 16.7 Å². The molecule has 0 spiro atoms. The number of nitro groups is 1. The quantitative estimate of drug-likeness (QED) is 0.141. The summed E-state index contributed by atoms with van der Waals surface area (Å²) in [5.41, 5.74) is 2.50. The van der Waals surface area contributed by atoms with E-state index in [1.165, 1.54) is 44.6 Å². The minimum absolute atomic E-state index is 0.0373. The van der Waals surface area contributed by atoms with Gasteiger partial charge in [0, 0.05) is 23.6 Å². The highest BCUT2D eigenvalue weighted by atomic mass is 16.6. The molecule has 6 nitrogen and oxygen atoms in total. The summed E-state index contributed by atoms with van der Waals surface area (Å²) in [6, 6.07) is 16.5. The van der Waals surface area contributed by atoms with Crippen LogP contribution in [-0.4, -0.2) is 39.5 Å². The minimum Gasteiger partial charge on any atom is -0.387 e. The first-order valence-corrected chi connectivity index (χ1v) is 13.1. The molecular formula is C29H39N3O3. The van der Waals surface area contributed by atoms with Crippen LogP contribution in [0.15, 0.2) is 54.6 Å². The zero-order chi connectivity index (χ0) is 25.0. The first kappa shape index (κ1) is 26.8. The Labute approximate surface area is 209 Å². The van der Waals surface area contributed by atoms with Crippen LogP contribution in [0, 0.1) is 10.1 Å². The Balaban J connectivity index is 1.93. The lowest BCUT2D eigenvalue weighted by molar-refractivity contribution is -0.383. The highest BCUT2D eigenvalue weighted by Gasteiger charge is 2.22. The number of rotatable bonds is 15. The van der Waals surface area contributed by atoms with Crippen molar-refractivity contribution >= 4 is 16.6 Å². The van der Waals surface area contributed by atoms with E-state index in [0.29, 0.717) is 28.7 Å². The molecule has 1 N–H and O–H groups in total. The van der Waals surface area contributed by atoms with E-state index >= 15 is 0 Å². The van der Waals surface area contributed by atoms with E-state index in [4.69, 9.17) is 0 Å². The second-order valence-electron chi connectivity index (χ2n) is 9.33.